The molecule has 2 heterocycles. The first-order chi connectivity index (χ1) is 11.5. The van der Waals surface area contributed by atoms with Crippen molar-refractivity contribution >= 4 is 35.2 Å². The molecular weight excluding hydrogens is 350 g/mol. The normalized spacial score (nSPS) is 16.5. The van der Waals surface area contributed by atoms with Crippen molar-refractivity contribution in [3.8, 4) is 0 Å². The lowest BCUT2D eigenvalue weighted by atomic mass is 10.0. The summed E-state index contributed by atoms with van der Waals surface area (Å²) in [6.45, 7) is 1.78. The van der Waals surface area contributed by atoms with Gasteiger partial charge in [0.25, 0.3) is 5.91 Å². The molecule has 0 fully saturated rings. The highest BCUT2D eigenvalue weighted by molar-refractivity contribution is 7.99. The lowest BCUT2D eigenvalue weighted by Gasteiger charge is -2.25. The molecule has 2 aromatic rings. The molecule has 1 atom stereocenters. The molecule has 126 valence electrons. The minimum absolute atomic E-state index is 0.0195. The Morgan fingerprint density at radius 2 is 2.21 bits per heavy atom. The Kier molecular flexibility index (Phi) is 4.87. The standard InChI is InChI=1S/C17H16ClNO4S/c1-2-13-11(17(21)22)8-14(23-13)16(20)19-12-5-6-24-15-4-3-9(18)7-10(12)15/h3-4,7-8,12H,2,5-6H2,1H3,(H,19,20)(H,21,22). The number of furan rings is 1. The summed E-state index contributed by atoms with van der Waals surface area (Å²) in [7, 11) is 0. The maximum Gasteiger partial charge on any atom is 0.339 e. The number of carboxylic acids is 1. The Morgan fingerprint density at radius 1 is 1.42 bits per heavy atom. The monoisotopic (exact) mass is 365 g/mol. The van der Waals surface area contributed by atoms with Crippen LogP contribution in [0.2, 0.25) is 5.02 Å². The molecule has 0 saturated heterocycles. The summed E-state index contributed by atoms with van der Waals surface area (Å²) < 4.78 is 5.42. The summed E-state index contributed by atoms with van der Waals surface area (Å²) in [5.41, 5.74) is 1.01. The van der Waals surface area contributed by atoms with Crippen LogP contribution in [0.4, 0.5) is 0 Å². The summed E-state index contributed by atoms with van der Waals surface area (Å²) in [5, 5.41) is 12.7. The molecule has 1 aliphatic heterocycles. The molecular formula is C17H16ClNO4S. The minimum Gasteiger partial charge on any atom is -0.478 e. The van der Waals surface area contributed by atoms with Crippen molar-refractivity contribution in [3.63, 3.8) is 0 Å². The first kappa shape index (κ1) is 16.9. The van der Waals surface area contributed by atoms with Crippen molar-refractivity contribution in [2.45, 2.75) is 30.7 Å². The molecule has 0 spiro atoms. The van der Waals surface area contributed by atoms with Gasteiger partial charge >= 0.3 is 5.97 Å². The topological polar surface area (TPSA) is 79.5 Å². The van der Waals surface area contributed by atoms with E-state index in [9.17, 15) is 9.59 Å². The van der Waals surface area contributed by atoms with Crippen LogP contribution in [0.15, 0.2) is 33.6 Å². The van der Waals surface area contributed by atoms with Gasteiger partial charge in [0.2, 0.25) is 0 Å². The largest absolute Gasteiger partial charge is 0.478 e. The smallest absolute Gasteiger partial charge is 0.339 e. The fourth-order valence-electron chi connectivity index (χ4n) is 2.73. The number of fused-ring (bicyclic) bond motifs is 1. The zero-order valence-electron chi connectivity index (χ0n) is 13.0. The minimum atomic E-state index is -1.10. The van der Waals surface area contributed by atoms with E-state index in [0.717, 1.165) is 22.6 Å². The third kappa shape index (κ3) is 3.30. The second-order valence-corrected chi connectivity index (χ2v) is 7.02. The van der Waals surface area contributed by atoms with E-state index in [1.807, 2.05) is 18.2 Å². The van der Waals surface area contributed by atoms with E-state index < -0.39 is 11.9 Å². The molecule has 1 unspecified atom stereocenters. The molecule has 3 rings (SSSR count). The van der Waals surface area contributed by atoms with E-state index >= 15 is 0 Å². The SMILES string of the molecule is CCc1oc(C(=O)NC2CCSc3ccc(Cl)cc32)cc1C(=O)O. The average molecular weight is 366 g/mol. The number of nitrogens with one attached hydrogen (secondary N) is 1. The number of amides is 1. The van der Waals surface area contributed by atoms with Crippen LogP contribution in [0.1, 0.15) is 51.6 Å². The van der Waals surface area contributed by atoms with Crippen LogP contribution in [0.5, 0.6) is 0 Å². The van der Waals surface area contributed by atoms with E-state index in [0.29, 0.717) is 17.2 Å². The summed E-state index contributed by atoms with van der Waals surface area (Å²) in [6, 6.07) is 6.75. The molecule has 1 aromatic heterocycles. The van der Waals surface area contributed by atoms with E-state index in [2.05, 4.69) is 5.32 Å². The van der Waals surface area contributed by atoms with Crippen molar-refractivity contribution in [1.29, 1.82) is 0 Å². The third-order valence-corrected chi connectivity index (χ3v) is 5.26. The summed E-state index contributed by atoms with van der Waals surface area (Å²) in [6.07, 6.45) is 1.18. The quantitative estimate of drug-likeness (QED) is 0.850. The number of carboxylic acid groups (broad SMARTS) is 1. The van der Waals surface area contributed by atoms with E-state index in [1.54, 1.807) is 18.7 Å². The van der Waals surface area contributed by atoms with Crippen LogP contribution < -0.4 is 5.32 Å². The second-order valence-electron chi connectivity index (χ2n) is 5.45. The Labute approximate surface area is 148 Å². The maximum atomic E-state index is 12.5. The number of carbonyl (C=O) groups is 2. The molecule has 0 saturated carbocycles. The predicted octanol–water partition coefficient (Wildman–Crippen LogP) is 4.16. The van der Waals surface area contributed by atoms with Gasteiger partial charge in [-0.2, -0.15) is 0 Å². The van der Waals surface area contributed by atoms with Gasteiger partial charge in [-0.05, 0) is 30.2 Å². The van der Waals surface area contributed by atoms with Crippen molar-refractivity contribution in [3.05, 3.63) is 51.9 Å². The highest BCUT2D eigenvalue weighted by Crippen LogP contribution is 2.37. The van der Waals surface area contributed by atoms with Crippen LogP contribution >= 0.6 is 23.4 Å². The number of hydrogen-bond acceptors (Lipinski definition) is 4. The average Bonchev–Trinajstić information content (AvgIpc) is 3.00. The molecule has 1 aliphatic rings. The van der Waals surface area contributed by atoms with Crippen LogP contribution in [-0.2, 0) is 6.42 Å². The van der Waals surface area contributed by atoms with Gasteiger partial charge in [-0.25, -0.2) is 4.79 Å². The summed E-state index contributed by atoms with van der Waals surface area (Å²) in [4.78, 5) is 24.8. The van der Waals surface area contributed by atoms with Gasteiger partial charge in [0, 0.05) is 28.2 Å². The molecule has 1 aromatic carbocycles. The van der Waals surface area contributed by atoms with Gasteiger partial charge in [-0.3, -0.25) is 4.79 Å². The van der Waals surface area contributed by atoms with Crippen LogP contribution in [0, 0.1) is 0 Å². The molecule has 24 heavy (non-hydrogen) atoms. The van der Waals surface area contributed by atoms with Crippen molar-refractivity contribution in [1.82, 2.24) is 5.32 Å². The molecule has 1 amide bonds. The Balaban J connectivity index is 1.84. The van der Waals surface area contributed by atoms with Crippen molar-refractivity contribution in [2.75, 3.05) is 5.75 Å². The lowest BCUT2D eigenvalue weighted by Crippen LogP contribution is -2.30. The number of hydrogen-bond donors (Lipinski definition) is 2. The third-order valence-electron chi connectivity index (χ3n) is 3.90. The van der Waals surface area contributed by atoms with Gasteiger partial charge in [-0.1, -0.05) is 18.5 Å². The highest BCUT2D eigenvalue weighted by atomic mass is 35.5. The highest BCUT2D eigenvalue weighted by Gasteiger charge is 2.26. The maximum absolute atomic E-state index is 12.5. The fourth-order valence-corrected chi connectivity index (χ4v) is 4.02. The Morgan fingerprint density at radius 3 is 2.88 bits per heavy atom. The number of rotatable bonds is 4. The summed E-state index contributed by atoms with van der Waals surface area (Å²) >= 11 is 7.79. The lowest BCUT2D eigenvalue weighted by molar-refractivity contribution is 0.0694. The van der Waals surface area contributed by atoms with Gasteiger partial charge in [0.1, 0.15) is 11.3 Å². The molecule has 0 bridgehead atoms. The molecule has 0 aliphatic carbocycles. The van der Waals surface area contributed by atoms with Gasteiger partial charge < -0.3 is 14.8 Å². The van der Waals surface area contributed by atoms with Crippen molar-refractivity contribution < 1.29 is 19.1 Å². The van der Waals surface area contributed by atoms with Crippen LogP contribution in [0.3, 0.4) is 0 Å². The van der Waals surface area contributed by atoms with Crippen LogP contribution in [0.25, 0.3) is 0 Å². The first-order valence-corrected chi connectivity index (χ1v) is 8.95. The zero-order chi connectivity index (χ0) is 17.3. The van der Waals surface area contributed by atoms with E-state index in [1.165, 1.54) is 6.07 Å². The second kappa shape index (κ2) is 6.91. The Bertz CT molecular complexity index is 802. The van der Waals surface area contributed by atoms with Gasteiger partial charge in [-0.15, -0.1) is 11.8 Å². The number of thioether (sulfide) groups is 1. The van der Waals surface area contributed by atoms with E-state index in [4.69, 9.17) is 21.1 Å². The number of benzene rings is 1. The fraction of sp³-hybridized carbons (Fsp3) is 0.294. The number of aryl methyl sites for hydroxylation is 1. The zero-order valence-corrected chi connectivity index (χ0v) is 14.5. The van der Waals surface area contributed by atoms with Crippen molar-refractivity contribution in [2.24, 2.45) is 0 Å². The molecule has 2 N–H and O–H groups in total. The number of aromatic carboxylic acids is 1. The Hall–Kier alpha value is -1.92. The number of halogens is 1. The summed E-state index contributed by atoms with van der Waals surface area (Å²) in [5.74, 6) is -0.305. The van der Waals surface area contributed by atoms with Gasteiger partial charge in [0.15, 0.2) is 5.76 Å². The molecule has 5 nitrogen and oxygen atoms in total. The molecule has 7 heteroatoms. The number of carbonyl (C=O) groups excluding carboxylic acids is 1. The predicted molar refractivity (Wildman–Crippen MR) is 92.0 cm³/mol. The first-order valence-electron chi connectivity index (χ1n) is 7.58. The molecule has 0 radical (unpaired) electrons. The van der Waals surface area contributed by atoms with Gasteiger partial charge in [0.05, 0.1) is 6.04 Å². The van der Waals surface area contributed by atoms with E-state index in [-0.39, 0.29) is 17.4 Å². The van der Waals surface area contributed by atoms with Crippen LogP contribution in [-0.4, -0.2) is 22.7 Å².